The zero-order valence-corrected chi connectivity index (χ0v) is 12.1. The molecule has 0 spiro atoms. The molecule has 0 fully saturated rings. The van der Waals surface area contributed by atoms with Crippen molar-refractivity contribution in [1.82, 2.24) is 0 Å². The molecular weight excluding hydrogens is 264 g/mol. The van der Waals surface area contributed by atoms with Gasteiger partial charge in [-0.2, -0.15) is 0 Å². The van der Waals surface area contributed by atoms with Gasteiger partial charge in [-0.05, 0) is 23.6 Å². The maximum Gasteiger partial charge on any atom is 0.163 e. The molecule has 2 aromatic rings. The number of hydrogen-bond donors (Lipinski definition) is 0. The van der Waals surface area contributed by atoms with Gasteiger partial charge in [0.25, 0.3) is 0 Å². The van der Waals surface area contributed by atoms with Gasteiger partial charge in [-0.15, -0.1) is 0 Å². The average molecular weight is 282 g/mol. The molecule has 0 atom stereocenters. The van der Waals surface area contributed by atoms with Crippen LogP contribution in [0.25, 0.3) is 11.1 Å². The molecule has 3 rings (SSSR count). The van der Waals surface area contributed by atoms with Crippen molar-refractivity contribution in [3.05, 3.63) is 53.6 Å². The second-order valence-electron chi connectivity index (χ2n) is 5.09. The highest BCUT2D eigenvalue weighted by atomic mass is 16.5. The van der Waals surface area contributed by atoms with Crippen molar-refractivity contribution in [3.63, 3.8) is 0 Å². The lowest BCUT2D eigenvalue weighted by Gasteiger charge is -2.14. The van der Waals surface area contributed by atoms with Crippen molar-refractivity contribution in [3.8, 4) is 16.9 Å². The summed E-state index contributed by atoms with van der Waals surface area (Å²) in [4.78, 5) is 11.9. The molecule has 1 aliphatic rings. The smallest absolute Gasteiger partial charge is 0.163 e. The predicted octanol–water partition coefficient (Wildman–Crippen LogP) is 3.51. The van der Waals surface area contributed by atoms with E-state index in [1.807, 2.05) is 36.4 Å². The van der Waals surface area contributed by atoms with Crippen LogP contribution in [0.15, 0.2) is 42.5 Å². The topological polar surface area (TPSA) is 35.5 Å². The summed E-state index contributed by atoms with van der Waals surface area (Å²) < 4.78 is 10.8. The molecule has 0 heterocycles. The Morgan fingerprint density at radius 3 is 2.52 bits per heavy atom. The lowest BCUT2D eigenvalue weighted by atomic mass is 9.96. The van der Waals surface area contributed by atoms with E-state index < -0.39 is 0 Å². The Balaban J connectivity index is 2.00. The summed E-state index contributed by atoms with van der Waals surface area (Å²) in [5, 5.41) is 0. The van der Waals surface area contributed by atoms with Gasteiger partial charge in [0.15, 0.2) is 5.78 Å². The molecule has 1 aliphatic carbocycles. The SMILES string of the molecule is COCCOc1ccccc1-c1cccc2c1CCC2=O. The zero-order valence-electron chi connectivity index (χ0n) is 12.1. The molecule has 0 bridgehead atoms. The fourth-order valence-electron chi connectivity index (χ4n) is 2.79. The number of Topliss-reactive ketones (excluding diaryl/α,β-unsaturated/α-hetero) is 1. The number of fused-ring (bicyclic) bond motifs is 1. The Morgan fingerprint density at radius 1 is 0.905 bits per heavy atom. The first kappa shape index (κ1) is 13.8. The number of rotatable bonds is 5. The van der Waals surface area contributed by atoms with E-state index >= 15 is 0 Å². The van der Waals surface area contributed by atoms with Gasteiger partial charge < -0.3 is 9.47 Å². The molecule has 21 heavy (non-hydrogen) atoms. The largest absolute Gasteiger partial charge is 0.491 e. The Labute approximate surface area is 124 Å². The van der Waals surface area contributed by atoms with Gasteiger partial charge in [0.05, 0.1) is 6.61 Å². The normalized spacial score (nSPS) is 13.3. The summed E-state index contributed by atoms with van der Waals surface area (Å²) in [7, 11) is 1.66. The summed E-state index contributed by atoms with van der Waals surface area (Å²) in [5.41, 5.74) is 4.15. The van der Waals surface area contributed by atoms with Crippen molar-refractivity contribution in [2.45, 2.75) is 12.8 Å². The Hall–Kier alpha value is -2.13. The average Bonchev–Trinajstić information content (AvgIpc) is 2.90. The molecule has 3 heteroatoms. The van der Waals surface area contributed by atoms with Crippen LogP contribution in [0.1, 0.15) is 22.3 Å². The quantitative estimate of drug-likeness (QED) is 0.787. The summed E-state index contributed by atoms with van der Waals surface area (Å²) >= 11 is 0. The molecule has 0 aliphatic heterocycles. The van der Waals surface area contributed by atoms with Crippen molar-refractivity contribution in [2.24, 2.45) is 0 Å². The van der Waals surface area contributed by atoms with E-state index in [1.54, 1.807) is 7.11 Å². The molecule has 108 valence electrons. The molecule has 0 N–H and O–H groups in total. The summed E-state index contributed by atoms with van der Waals surface area (Å²) in [5.74, 6) is 1.08. The van der Waals surface area contributed by atoms with Crippen molar-refractivity contribution < 1.29 is 14.3 Å². The molecule has 0 saturated heterocycles. The highest BCUT2D eigenvalue weighted by Crippen LogP contribution is 2.37. The maximum atomic E-state index is 11.9. The number of carbonyl (C=O) groups excluding carboxylic acids is 1. The first-order chi connectivity index (χ1) is 10.3. The van der Waals surface area contributed by atoms with E-state index in [-0.39, 0.29) is 5.78 Å². The van der Waals surface area contributed by atoms with Crippen molar-refractivity contribution >= 4 is 5.78 Å². The third kappa shape index (κ3) is 2.69. The molecule has 0 radical (unpaired) electrons. The van der Waals surface area contributed by atoms with Crippen LogP contribution in [0.5, 0.6) is 5.75 Å². The van der Waals surface area contributed by atoms with Crippen molar-refractivity contribution in [1.29, 1.82) is 0 Å². The lowest BCUT2D eigenvalue weighted by Crippen LogP contribution is -2.05. The fourth-order valence-corrected chi connectivity index (χ4v) is 2.79. The number of para-hydroxylation sites is 1. The standard InChI is InChI=1S/C18H18O3/c1-20-11-12-21-18-8-3-2-5-16(18)13-6-4-7-15-14(13)9-10-17(15)19/h2-8H,9-12H2,1H3. The first-order valence-electron chi connectivity index (χ1n) is 7.17. The monoisotopic (exact) mass is 282 g/mol. The number of ether oxygens (including phenoxy) is 2. The van der Waals surface area contributed by atoms with Crippen LogP contribution >= 0.6 is 0 Å². The van der Waals surface area contributed by atoms with Crippen LogP contribution in [0.3, 0.4) is 0 Å². The van der Waals surface area contributed by atoms with Gasteiger partial charge in [-0.1, -0.05) is 36.4 Å². The van der Waals surface area contributed by atoms with Crippen LogP contribution in [-0.4, -0.2) is 26.1 Å². The van der Waals surface area contributed by atoms with Crippen LogP contribution < -0.4 is 4.74 Å². The minimum Gasteiger partial charge on any atom is -0.491 e. The van der Waals surface area contributed by atoms with E-state index in [1.165, 1.54) is 0 Å². The summed E-state index contributed by atoms with van der Waals surface area (Å²) in [6.07, 6.45) is 1.43. The number of ketones is 1. The third-order valence-corrected chi connectivity index (χ3v) is 3.80. The lowest BCUT2D eigenvalue weighted by molar-refractivity contribution is 0.0994. The number of methoxy groups -OCH3 is 1. The summed E-state index contributed by atoms with van der Waals surface area (Å²) in [6.45, 7) is 1.07. The second-order valence-corrected chi connectivity index (χ2v) is 5.09. The maximum absolute atomic E-state index is 11.9. The van der Waals surface area contributed by atoms with Crippen LogP contribution in [0.2, 0.25) is 0 Å². The molecular formula is C18H18O3. The van der Waals surface area contributed by atoms with Crippen LogP contribution in [0, 0.1) is 0 Å². The van der Waals surface area contributed by atoms with Crippen molar-refractivity contribution in [2.75, 3.05) is 20.3 Å². The van der Waals surface area contributed by atoms with Gasteiger partial charge in [0.1, 0.15) is 12.4 Å². The van der Waals surface area contributed by atoms with E-state index in [9.17, 15) is 4.79 Å². The van der Waals surface area contributed by atoms with E-state index in [2.05, 4.69) is 6.07 Å². The Bertz CT molecular complexity index is 661. The molecule has 0 amide bonds. The van der Waals surface area contributed by atoms with Gasteiger partial charge in [0, 0.05) is 24.7 Å². The van der Waals surface area contributed by atoms with Gasteiger partial charge >= 0.3 is 0 Å². The zero-order chi connectivity index (χ0) is 14.7. The minimum absolute atomic E-state index is 0.240. The summed E-state index contributed by atoms with van der Waals surface area (Å²) in [6, 6.07) is 13.9. The third-order valence-electron chi connectivity index (χ3n) is 3.80. The molecule has 3 nitrogen and oxygen atoms in total. The Morgan fingerprint density at radius 2 is 1.67 bits per heavy atom. The fraction of sp³-hybridized carbons (Fsp3) is 0.278. The molecule has 2 aromatic carbocycles. The number of benzene rings is 2. The molecule has 0 unspecified atom stereocenters. The van der Waals surface area contributed by atoms with Gasteiger partial charge in [-0.3, -0.25) is 4.79 Å². The predicted molar refractivity (Wildman–Crippen MR) is 81.9 cm³/mol. The van der Waals surface area contributed by atoms with Gasteiger partial charge in [0.2, 0.25) is 0 Å². The van der Waals surface area contributed by atoms with E-state index in [0.717, 1.165) is 34.4 Å². The van der Waals surface area contributed by atoms with Crippen LogP contribution in [-0.2, 0) is 11.2 Å². The van der Waals surface area contributed by atoms with Gasteiger partial charge in [-0.25, -0.2) is 0 Å². The number of hydrogen-bond acceptors (Lipinski definition) is 3. The highest BCUT2D eigenvalue weighted by molar-refractivity contribution is 6.02. The molecule has 0 aromatic heterocycles. The van der Waals surface area contributed by atoms with E-state index in [0.29, 0.717) is 19.6 Å². The minimum atomic E-state index is 0.240. The number of carbonyl (C=O) groups is 1. The van der Waals surface area contributed by atoms with E-state index in [4.69, 9.17) is 9.47 Å². The van der Waals surface area contributed by atoms with Crippen LogP contribution in [0.4, 0.5) is 0 Å². The highest BCUT2D eigenvalue weighted by Gasteiger charge is 2.23. The second kappa shape index (κ2) is 6.10. The molecule has 0 saturated carbocycles. The Kier molecular flexibility index (Phi) is 4.02. The first-order valence-corrected chi connectivity index (χ1v) is 7.17.